The summed E-state index contributed by atoms with van der Waals surface area (Å²) in [6, 6.07) is 4.66. The molecule has 3 amide bonds. The molecule has 0 fully saturated rings. The first-order chi connectivity index (χ1) is 12.2. The van der Waals surface area contributed by atoms with Gasteiger partial charge in [0.2, 0.25) is 5.91 Å². The first-order valence-corrected chi connectivity index (χ1v) is 9.66. The molecule has 0 radical (unpaired) electrons. The number of imide groups is 1. The molecule has 0 bridgehead atoms. The van der Waals surface area contributed by atoms with Crippen LogP contribution in [0.2, 0.25) is 0 Å². The number of hydrogen-bond donors (Lipinski definition) is 2. The van der Waals surface area contributed by atoms with Crippen LogP contribution in [0, 0.1) is 0 Å². The maximum Gasteiger partial charge on any atom is 0.326 e. The van der Waals surface area contributed by atoms with Gasteiger partial charge < -0.3 is 10.4 Å². The molecule has 1 atom stereocenters. The molecule has 1 aliphatic heterocycles. The van der Waals surface area contributed by atoms with Gasteiger partial charge in [-0.25, -0.2) is 13.2 Å². The number of amides is 3. The van der Waals surface area contributed by atoms with Crippen molar-refractivity contribution in [2.24, 2.45) is 0 Å². The van der Waals surface area contributed by atoms with Gasteiger partial charge in [-0.15, -0.1) is 0 Å². The van der Waals surface area contributed by atoms with E-state index in [9.17, 15) is 27.6 Å². The summed E-state index contributed by atoms with van der Waals surface area (Å²) in [6.07, 6.45) is -0.306. The van der Waals surface area contributed by atoms with Crippen molar-refractivity contribution in [3.05, 3.63) is 35.4 Å². The van der Waals surface area contributed by atoms with Crippen LogP contribution < -0.4 is 5.32 Å². The maximum atomic E-state index is 12.2. The lowest BCUT2D eigenvalue weighted by molar-refractivity contribution is -0.141. The van der Waals surface area contributed by atoms with Gasteiger partial charge in [0, 0.05) is 5.75 Å². The highest BCUT2D eigenvalue weighted by Gasteiger charge is 2.36. The molecule has 0 saturated heterocycles. The number of nitrogens with one attached hydrogen (secondary N) is 1. The molecule has 1 aliphatic rings. The number of hydrogen-bond acceptors (Lipinski definition) is 6. The van der Waals surface area contributed by atoms with Crippen molar-refractivity contribution in [3.8, 4) is 0 Å². The van der Waals surface area contributed by atoms with Crippen molar-refractivity contribution in [2.45, 2.75) is 19.4 Å². The molecule has 1 aromatic carbocycles. The smallest absolute Gasteiger partial charge is 0.326 e. The average Bonchev–Trinajstić information content (AvgIpc) is 2.83. The molecule has 10 heteroatoms. The second-order valence-corrected chi connectivity index (χ2v) is 8.20. The van der Waals surface area contributed by atoms with Gasteiger partial charge >= 0.3 is 5.97 Å². The van der Waals surface area contributed by atoms with Crippen LogP contribution >= 0.6 is 0 Å². The van der Waals surface area contributed by atoms with Crippen LogP contribution in [-0.2, 0) is 19.4 Å². The van der Waals surface area contributed by atoms with Gasteiger partial charge in [0.05, 0.1) is 16.9 Å². The van der Waals surface area contributed by atoms with Crippen molar-refractivity contribution in [1.82, 2.24) is 10.2 Å². The van der Waals surface area contributed by atoms with E-state index in [2.05, 4.69) is 5.32 Å². The van der Waals surface area contributed by atoms with Gasteiger partial charge in [0.1, 0.15) is 22.4 Å². The van der Waals surface area contributed by atoms with Crippen LogP contribution in [0.25, 0.3) is 0 Å². The minimum absolute atomic E-state index is 0.137. The Kier molecular flexibility index (Phi) is 5.76. The summed E-state index contributed by atoms with van der Waals surface area (Å²) < 4.78 is 23.0. The molecule has 0 aromatic heterocycles. The highest BCUT2D eigenvalue weighted by Crippen LogP contribution is 2.21. The van der Waals surface area contributed by atoms with E-state index in [0.717, 1.165) is 4.90 Å². The predicted octanol–water partition coefficient (Wildman–Crippen LogP) is -0.323. The van der Waals surface area contributed by atoms with Gasteiger partial charge in [-0.1, -0.05) is 19.1 Å². The van der Waals surface area contributed by atoms with Crippen LogP contribution in [-0.4, -0.2) is 66.2 Å². The monoisotopic (exact) mass is 382 g/mol. The zero-order valence-electron chi connectivity index (χ0n) is 14.0. The predicted molar refractivity (Wildman–Crippen MR) is 90.3 cm³/mol. The second kappa shape index (κ2) is 7.65. The molecule has 0 spiro atoms. The topological polar surface area (TPSA) is 138 Å². The summed E-state index contributed by atoms with van der Waals surface area (Å²) >= 11 is 0. The molecule has 26 heavy (non-hydrogen) atoms. The number of sulfone groups is 1. The van der Waals surface area contributed by atoms with Gasteiger partial charge in [0.15, 0.2) is 0 Å². The number of carbonyl (C=O) groups excluding carboxylic acids is 3. The summed E-state index contributed by atoms with van der Waals surface area (Å²) in [4.78, 5) is 48.4. The fourth-order valence-electron chi connectivity index (χ4n) is 2.47. The minimum atomic E-state index is -3.39. The lowest BCUT2D eigenvalue weighted by Crippen LogP contribution is -2.47. The molecule has 1 heterocycles. The Balaban J connectivity index is 2.02. The van der Waals surface area contributed by atoms with Crippen molar-refractivity contribution in [2.75, 3.05) is 18.1 Å². The minimum Gasteiger partial charge on any atom is -0.480 e. The van der Waals surface area contributed by atoms with E-state index in [-0.39, 0.29) is 23.3 Å². The van der Waals surface area contributed by atoms with Crippen LogP contribution in [0.15, 0.2) is 24.3 Å². The van der Waals surface area contributed by atoms with Gasteiger partial charge in [-0.2, -0.15) is 0 Å². The summed E-state index contributed by atoms with van der Waals surface area (Å²) in [6.45, 7) is 0.794. The first kappa shape index (κ1) is 19.6. The summed E-state index contributed by atoms with van der Waals surface area (Å²) in [5.74, 6) is -4.06. The molecular weight excluding hydrogens is 364 g/mol. The quantitative estimate of drug-likeness (QED) is 0.588. The van der Waals surface area contributed by atoms with Gasteiger partial charge in [-0.05, 0) is 18.6 Å². The van der Waals surface area contributed by atoms with Crippen molar-refractivity contribution >= 4 is 33.5 Å². The van der Waals surface area contributed by atoms with E-state index in [0.29, 0.717) is 0 Å². The standard InChI is InChI=1S/C16H18N2O7S/c1-2-26(24,25)8-7-12(16(22)23)17-13(19)9-18-14(20)10-5-3-4-6-11(10)15(18)21/h3-6,12H,2,7-9H2,1H3,(H,17,19)(H,22,23). The molecular formula is C16H18N2O7S. The lowest BCUT2D eigenvalue weighted by atomic mass is 10.1. The Morgan fingerprint density at radius 2 is 1.69 bits per heavy atom. The number of rotatable bonds is 8. The zero-order chi connectivity index (χ0) is 19.5. The SMILES string of the molecule is CCS(=O)(=O)CCC(NC(=O)CN1C(=O)c2ccccc2C1=O)C(=O)O. The molecule has 1 aromatic rings. The third-order valence-corrected chi connectivity index (χ3v) is 5.71. The number of carboxylic acids is 1. The van der Waals surface area contributed by atoms with Crippen LogP contribution in [0.3, 0.4) is 0 Å². The fraction of sp³-hybridized carbons (Fsp3) is 0.375. The Bertz CT molecular complexity index is 828. The largest absolute Gasteiger partial charge is 0.480 e. The summed E-state index contributed by atoms with van der Waals surface area (Å²) in [5, 5.41) is 11.3. The van der Waals surface area contributed by atoms with E-state index in [1.807, 2.05) is 0 Å². The van der Waals surface area contributed by atoms with Crippen molar-refractivity contribution in [3.63, 3.8) is 0 Å². The number of benzene rings is 1. The van der Waals surface area contributed by atoms with Gasteiger partial charge in [-0.3, -0.25) is 19.3 Å². The molecule has 9 nitrogen and oxygen atoms in total. The maximum absolute atomic E-state index is 12.2. The van der Waals surface area contributed by atoms with E-state index in [1.165, 1.54) is 19.1 Å². The number of aliphatic carboxylic acids is 1. The van der Waals surface area contributed by atoms with Gasteiger partial charge in [0.25, 0.3) is 11.8 Å². The number of carboxylic acid groups (broad SMARTS) is 1. The average molecular weight is 382 g/mol. The zero-order valence-corrected chi connectivity index (χ0v) is 14.8. The number of nitrogens with zero attached hydrogens (tertiary/aromatic N) is 1. The molecule has 140 valence electrons. The first-order valence-electron chi connectivity index (χ1n) is 7.84. The molecule has 0 aliphatic carbocycles. The Labute approximate surface area is 149 Å². The third-order valence-electron chi connectivity index (χ3n) is 3.97. The normalized spacial score (nSPS) is 14.9. The van der Waals surface area contributed by atoms with E-state index >= 15 is 0 Å². The lowest BCUT2D eigenvalue weighted by Gasteiger charge is -2.17. The molecule has 1 unspecified atom stereocenters. The van der Waals surface area contributed by atoms with E-state index in [4.69, 9.17) is 5.11 Å². The fourth-order valence-corrected chi connectivity index (χ4v) is 3.35. The second-order valence-electron chi connectivity index (χ2n) is 5.73. The molecule has 0 saturated carbocycles. The van der Waals surface area contributed by atoms with Crippen molar-refractivity contribution in [1.29, 1.82) is 0 Å². The van der Waals surface area contributed by atoms with Crippen LogP contribution in [0.5, 0.6) is 0 Å². The Morgan fingerprint density at radius 1 is 1.15 bits per heavy atom. The summed E-state index contributed by atoms with van der Waals surface area (Å²) in [7, 11) is -3.39. The highest BCUT2D eigenvalue weighted by molar-refractivity contribution is 7.91. The third kappa shape index (κ3) is 4.26. The summed E-state index contributed by atoms with van der Waals surface area (Å²) in [5.41, 5.74) is 0.350. The Morgan fingerprint density at radius 3 is 2.15 bits per heavy atom. The Hall–Kier alpha value is -2.75. The van der Waals surface area contributed by atoms with Crippen LogP contribution in [0.1, 0.15) is 34.1 Å². The van der Waals surface area contributed by atoms with Crippen LogP contribution in [0.4, 0.5) is 0 Å². The highest BCUT2D eigenvalue weighted by atomic mass is 32.2. The van der Waals surface area contributed by atoms with E-state index < -0.39 is 51.9 Å². The van der Waals surface area contributed by atoms with E-state index in [1.54, 1.807) is 12.1 Å². The number of fused-ring (bicyclic) bond motifs is 1. The molecule has 2 N–H and O–H groups in total. The van der Waals surface area contributed by atoms with Crippen molar-refractivity contribution < 1.29 is 32.7 Å². The number of carbonyl (C=O) groups is 4. The molecule has 2 rings (SSSR count).